The third-order valence-corrected chi connectivity index (χ3v) is 6.10. The van der Waals surface area contributed by atoms with Crippen LogP contribution in [0.4, 0.5) is 6.01 Å². The molecule has 33 heavy (non-hydrogen) atoms. The van der Waals surface area contributed by atoms with Gasteiger partial charge >= 0.3 is 0 Å². The summed E-state index contributed by atoms with van der Waals surface area (Å²) in [6, 6.07) is 16.3. The molecule has 0 aliphatic heterocycles. The Labute approximate surface area is 193 Å². The topological polar surface area (TPSA) is 93.5 Å². The SMILES string of the molecule is O=C[C@H](COCc1ccccc1)NC(=O)[C@H](CC1CCCCC1)Nc1nc2ccccc2o1. The molecule has 2 atom stereocenters. The van der Waals surface area contributed by atoms with Crippen LogP contribution in [0.5, 0.6) is 0 Å². The molecule has 174 valence electrons. The summed E-state index contributed by atoms with van der Waals surface area (Å²) < 4.78 is 11.5. The fourth-order valence-electron chi connectivity index (χ4n) is 4.35. The minimum atomic E-state index is -0.722. The summed E-state index contributed by atoms with van der Waals surface area (Å²) >= 11 is 0. The van der Waals surface area contributed by atoms with Crippen molar-refractivity contribution in [2.24, 2.45) is 5.92 Å². The van der Waals surface area contributed by atoms with Crippen LogP contribution in [-0.4, -0.2) is 35.9 Å². The maximum Gasteiger partial charge on any atom is 0.296 e. The van der Waals surface area contributed by atoms with Gasteiger partial charge in [-0.1, -0.05) is 74.6 Å². The standard InChI is InChI=1S/C26H31N3O4/c30-16-21(18-32-17-20-11-5-2-6-12-20)27-25(31)23(15-19-9-3-1-4-10-19)29-26-28-22-13-7-8-14-24(22)33-26/h2,5-8,11-14,16,19,21,23H,1,3-4,9-10,15,17-18H2,(H,27,31)(H,28,29)/t21-,23+/m1/s1. The highest BCUT2D eigenvalue weighted by Crippen LogP contribution is 2.29. The smallest absolute Gasteiger partial charge is 0.296 e. The highest BCUT2D eigenvalue weighted by molar-refractivity contribution is 5.86. The molecule has 7 heteroatoms. The van der Waals surface area contributed by atoms with E-state index in [1.165, 1.54) is 19.3 Å². The number of ether oxygens (including phenoxy) is 1. The number of anilines is 1. The van der Waals surface area contributed by atoms with Gasteiger partial charge < -0.3 is 24.6 Å². The first-order chi connectivity index (χ1) is 16.2. The van der Waals surface area contributed by atoms with E-state index in [0.717, 1.165) is 30.2 Å². The molecule has 0 unspecified atom stereocenters. The maximum absolute atomic E-state index is 13.2. The number of oxazole rings is 1. The number of aromatic nitrogens is 1. The van der Waals surface area contributed by atoms with Gasteiger partial charge in [-0.2, -0.15) is 4.98 Å². The van der Waals surface area contributed by atoms with E-state index in [1.807, 2.05) is 54.6 Å². The number of hydrogen-bond acceptors (Lipinski definition) is 6. The fraction of sp³-hybridized carbons (Fsp3) is 0.423. The molecular formula is C26H31N3O4. The molecule has 0 saturated heterocycles. The van der Waals surface area contributed by atoms with Gasteiger partial charge in [0.2, 0.25) is 5.91 Å². The summed E-state index contributed by atoms with van der Waals surface area (Å²) in [6.07, 6.45) is 7.23. The summed E-state index contributed by atoms with van der Waals surface area (Å²) in [4.78, 5) is 29.3. The molecule has 4 rings (SSSR count). The van der Waals surface area contributed by atoms with Crippen LogP contribution in [0.1, 0.15) is 44.1 Å². The van der Waals surface area contributed by atoms with Crippen molar-refractivity contribution >= 4 is 29.3 Å². The molecule has 1 aliphatic carbocycles. The number of para-hydroxylation sites is 2. The van der Waals surface area contributed by atoms with Crippen LogP contribution in [0.25, 0.3) is 11.1 Å². The Balaban J connectivity index is 1.39. The average molecular weight is 450 g/mol. The van der Waals surface area contributed by atoms with Crippen molar-refractivity contribution < 1.29 is 18.7 Å². The van der Waals surface area contributed by atoms with Gasteiger partial charge in [0.15, 0.2) is 5.58 Å². The van der Waals surface area contributed by atoms with E-state index in [4.69, 9.17) is 9.15 Å². The predicted octanol–water partition coefficient (Wildman–Crippen LogP) is 4.48. The van der Waals surface area contributed by atoms with Crippen molar-refractivity contribution in [3.8, 4) is 0 Å². The van der Waals surface area contributed by atoms with Gasteiger partial charge in [0, 0.05) is 0 Å². The number of carbonyl (C=O) groups is 2. The van der Waals surface area contributed by atoms with Gasteiger partial charge in [0.05, 0.1) is 13.2 Å². The highest BCUT2D eigenvalue weighted by atomic mass is 16.5. The van der Waals surface area contributed by atoms with E-state index in [2.05, 4.69) is 15.6 Å². The fourth-order valence-corrected chi connectivity index (χ4v) is 4.35. The van der Waals surface area contributed by atoms with Crippen molar-refractivity contribution in [1.82, 2.24) is 10.3 Å². The van der Waals surface area contributed by atoms with Crippen LogP contribution < -0.4 is 10.6 Å². The van der Waals surface area contributed by atoms with Gasteiger partial charge in [-0.15, -0.1) is 0 Å². The number of aldehydes is 1. The number of benzene rings is 2. The lowest BCUT2D eigenvalue weighted by Crippen LogP contribution is -2.47. The van der Waals surface area contributed by atoms with E-state index in [0.29, 0.717) is 30.5 Å². The van der Waals surface area contributed by atoms with Crippen LogP contribution in [0.15, 0.2) is 59.0 Å². The van der Waals surface area contributed by atoms with E-state index < -0.39 is 12.1 Å². The molecule has 1 saturated carbocycles. The molecule has 2 aromatic carbocycles. The molecule has 0 radical (unpaired) electrons. The molecule has 1 aromatic heterocycles. The Bertz CT molecular complexity index is 997. The Morgan fingerprint density at radius 1 is 1.09 bits per heavy atom. The zero-order valence-electron chi connectivity index (χ0n) is 18.7. The van der Waals surface area contributed by atoms with E-state index in [-0.39, 0.29) is 12.5 Å². The van der Waals surface area contributed by atoms with Crippen LogP contribution in [0, 0.1) is 5.92 Å². The largest absolute Gasteiger partial charge is 0.424 e. The first-order valence-electron chi connectivity index (χ1n) is 11.7. The summed E-state index contributed by atoms with van der Waals surface area (Å²) in [5.74, 6) is 0.207. The van der Waals surface area contributed by atoms with Gasteiger partial charge in [-0.25, -0.2) is 0 Å². The summed E-state index contributed by atoms with van der Waals surface area (Å²) in [5, 5.41) is 6.01. The van der Waals surface area contributed by atoms with Crippen LogP contribution in [-0.2, 0) is 20.9 Å². The molecule has 2 N–H and O–H groups in total. The zero-order valence-corrected chi connectivity index (χ0v) is 18.7. The third-order valence-electron chi connectivity index (χ3n) is 6.10. The van der Waals surface area contributed by atoms with Crippen molar-refractivity contribution in [2.45, 2.75) is 57.2 Å². The normalized spacial score (nSPS) is 16.2. The molecule has 0 bridgehead atoms. The van der Waals surface area contributed by atoms with E-state index in [9.17, 15) is 9.59 Å². The van der Waals surface area contributed by atoms with Gasteiger partial charge in [-0.05, 0) is 30.0 Å². The third kappa shape index (κ3) is 6.65. The molecule has 1 fully saturated rings. The Morgan fingerprint density at radius 2 is 1.85 bits per heavy atom. The number of rotatable bonds is 11. The van der Waals surface area contributed by atoms with Crippen molar-refractivity contribution in [1.29, 1.82) is 0 Å². The minimum absolute atomic E-state index is 0.114. The minimum Gasteiger partial charge on any atom is -0.424 e. The zero-order chi connectivity index (χ0) is 22.9. The quantitative estimate of drug-likeness (QED) is 0.419. The van der Waals surface area contributed by atoms with Crippen molar-refractivity contribution in [3.05, 3.63) is 60.2 Å². The number of hydrogen-bond donors (Lipinski definition) is 2. The van der Waals surface area contributed by atoms with Crippen LogP contribution in [0.2, 0.25) is 0 Å². The Kier molecular flexibility index (Phi) is 8.09. The van der Waals surface area contributed by atoms with Crippen LogP contribution >= 0.6 is 0 Å². The predicted molar refractivity (Wildman–Crippen MR) is 127 cm³/mol. The molecule has 7 nitrogen and oxygen atoms in total. The molecular weight excluding hydrogens is 418 g/mol. The monoisotopic (exact) mass is 449 g/mol. The molecule has 0 spiro atoms. The number of nitrogens with zero attached hydrogens (tertiary/aromatic N) is 1. The number of amides is 1. The number of carbonyl (C=O) groups excluding carboxylic acids is 2. The van der Waals surface area contributed by atoms with Gasteiger partial charge in [0.1, 0.15) is 23.9 Å². The lowest BCUT2D eigenvalue weighted by molar-refractivity contribution is -0.126. The average Bonchev–Trinajstić information content (AvgIpc) is 3.26. The van der Waals surface area contributed by atoms with E-state index >= 15 is 0 Å². The molecule has 1 aliphatic rings. The maximum atomic E-state index is 13.2. The second-order valence-corrected chi connectivity index (χ2v) is 8.68. The van der Waals surface area contributed by atoms with Crippen molar-refractivity contribution in [3.63, 3.8) is 0 Å². The van der Waals surface area contributed by atoms with Crippen molar-refractivity contribution in [2.75, 3.05) is 11.9 Å². The van der Waals surface area contributed by atoms with Gasteiger partial charge in [0.25, 0.3) is 6.01 Å². The van der Waals surface area contributed by atoms with Gasteiger partial charge in [-0.3, -0.25) is 4.79 Å². The van der Waals surface area contributed by atoms with Crippen LogP contribution in [0.3, 0.4) is 0 Å². The second kappa shape index (κ2) is 11.6. The Morgan fingerprint density at radius 3 is 2.61 bits per heavy atom. The summed E-state index contributed by atoms with van der Waals surface area (Å²) in [5.41, 5.74) is 2.41. The lowest BCUT2D eigenvalue weighted by atomic mass is 9.84. The highest BCUT2D eigenvalue weighted by Gasteiger charge is 2.27. The molecule has 3 aromatic rings. The summed E-state index contributed by atoms with van der Waals surface area (Å²) in [6.45, 7) is 0.497. The van der Waals surface area contributed by atoms with E-state index in [1.54, 1.807) is 0 Å². The summed E-state index contributed by atoms with van der Waals surface area (Å²) in [7, 11) is 0. The first-order valence-corrected chi connectivity index (χ1v) is 11.7. The number of nitrogens with one attached hydrogen (secondary N) is 2. The second-order valence-electron chi connectivity index (χ2n) is 8.68. The number of fused-ring (bicyclic) bond motifs is 1. The Hall–Kier alpha value is -3.19. The molecule has 1 amide bonds. The lowest BCUT2D eigenvalue weighted by Gasteiger charge is -2.27. The first kappa shape index (κ1) is 23.0. The molecule has 1 heterocycles.